The van der Waals surface area contributed by atoms with Crippen molar-refractivity contribution in [2.45, 2.75) is 6.10 Å². The van der Waals surface area contributed by atoms with Crippen LogP contribution < -0.4 is 5.32 Å². The Morgan fingerprint density at radius 1 is 1.36 bits per heavy atom. The second-order valence-electron chi connectivity index (χ2n) is 2.79. The van der Waals surface area contributed by atoms with Crippen LogP contribution in [0.5, 0.6) is 0 Å². The molecule has 1 aromatic rings. The van der Waals surface area contributed by atoms with E-state index >= 15 is 0 Å². The van der Waals surface area contributed by atoms with Crippen LogP contribution in [0.4, 0.5) is 5.69 Å². The first kappa shape index (κ1) is 12.3. The van der Waals surface area contributed by atoms with E-state index in [4.69, 9.17) is 11.6 Å². The fourth-order valence-corrected chi connectivity index (χ4v) is 2.33. The second kappa shape index (κ2) is 5.95. The minimum Gasteiger partial charge on any atom is -0.390 e. The molecular formula is C9H10Br2ClNO. The number of halogens is 3. The zero-order valence-electron chi connectivity index (χ0n) is 7.30. The maximum absolute atomic E-state index is 9.28. The monoisotopic (exact) mass is 341 g/mol. The van der Waals surface area contributed by atoms with Crippen molar-refractivity contribution in [1.29, 1.82) is 0 Å². The summed E-state index contributed by atoms with van der Waals surface area (Å²) in [6, 6.07) is 5.79. The van der Waals surface area contributed by atoms with Crippen molar-refractivity contribution in [2.75, 3.05) is 17.7 Å². The number of hydrogen-bond acceptors (Lipinski definition) is 2. The third-order valence-electron chi connectivity index (χ3n) is 1.66. The average Bonchev–Trinajstić information content (AvgIpc) is 2.16. The Bertz CT molecular complexity index is 289. The predicted molar refractivity (Wildman–Crippen MR) is 67.1 cm³/mol. The van der Waals surface area contributed by atoms with Crippen LogP contribution in [0.2, 0.25) is 0 Å². The van der Waals surface area contributed by atoms with Gasteiger partial charge in [-0.1, -0.05) is 6.07 Å². The third-order valence-corrected chi connectivity index (χ3v) is 3.33. The highest BCUT2D eigenvalue weighted by atomic mass is 79.9. The molecule has 0 bridgehead atoms. The van der Waals surface area contributed by atoms with Crippen LogP contribution in [-0.4, -0.2) is 23.6 Å². The molecule has 2 N–H and O–H groups in total. The molecule has 0 spiro atoms. The summed E-state index contributed by atoms with van der Waals surface area (Å²) in [5.74, 6) is 0.231. The normalized spacial score (nSPS) is 12.6. The van der Waals surface area contributed by atoms with E-state index < -0.39 is 6.10 Å². The van der Waals surface area contributed by atoms with Gasteiger partial charge in [-0.15, -0.1) is 11.6 Å². The van der Waals surface area contributed by atoms with Crippen LogP contribution in [0.25, 0.3) is 0 Å². The number of para-hydroxylation sites is 1. The second-order valence-corrected chi connectivity index (χ2v) is 4.80. The summed E-state index contributed by atoms with van der Waals surface area (Å²) < 4.78 is 1.90. The summed E-state index contributed by atoms with van der Waals surface area (Å²) in [6.07, 6.45) is -0.532. The van der Waals surface area contributed by atoms with Gasteiger partial charge in [-0.25, -0.2) is 0 Å². The number of aliphatic hydroxyl groups is 1. The van der Waals surface area contributed by atoms with Gasteiger partial charge in [0.2, 0.25) is 0 Å². The molecule has 78 valence electrons. The van der Waals surface area contributed by atoms with Crippen LogP contribution in [0.3, 0.4) is 0 Å². The van der Waals surface area contributed by atoms with E-state index in [0.717, 1.165) is 14.6 Å². The first-order chi connectivity index (χ1) is 6.65. The van der Waals surface area contributed by atoms with Gasteiger partial charge in [0.1, 0.15) is 0 Å². The first-order valence-corrected chi connectivity index (χ1v) is 6.19. The molecule has 0 aromatic heterocycles. The van der Waals surface area contributed by atoms with Crippen LogP contribution in [0.15, 0.2) is 27.1 Å². The summed E-state index contributed by atoms with van der Waals surface area (Å²) >= 11 is 12.3. The quantitative estimate of drug-likeness (QED) is 0.823. The van der Waals surface area contributed by atoms with Gasteiger partial charge in [0, 0.05) is 15.5 Å². The van der Waals surface area contributed by atoms with Gasteiger partial charge in [0.05, 0.1) is 17.7 Å². The zero-order chi connectivity index (χ0) is 10.6. The van der Waals surface area contributed by atoms with Gasteiger partial charge < -0.3 is 10.4 Å². The molecule has 0 aliphatic rings. The molecule has 5 heteroatoms. The van der Waals surface area contributed by atoms with Crippen molar-refractivity contribution in [3.8, 4) is 0 Å². The Morgan fingerprint density at radius 2 is 1.93 bits per heavy atom. The van der Waals surface area contributed by atoms with Crippen molar-refractivity contribution in [2.24, 2.45) is 0 Å². The lowest BCUT2D eigenvalue weighted by molar-refractivity contribution is 0.211. The Labute approximate surface area is 105 Å². The Hall–Kier alpha value is 0.230. The molecule has 0 saturated carbocycles. The summed E-state index contributed by atoms with van der Waals surface area (Å²) in [4.78, 5) is 0. The maximum atomic E-state index is 9.28. The molecule has 14 heavy (non-hydrogen) atoms. The van der Waals surface area contributed by atoms with E-state index in [-0.39, 0.29) is 5.88 Å². The molecular weight excluding hydrogens is 333 g/mol. The van der Waals surface area contributed by atoms with Crippen LogP contribution in [0, 0.1) is 0 Å². The summed E-state index contributed by atoms with van der Waals surface area (Å²) in [5, 5.41) is 12.4. The third kappa shape index (κ3) is 3.42. The molecule has 1 unspecified atom stereocenters. The number of benzene rings is 1. The van der Waals surface area contributed by atoms with E-state index in [1.165, 1.54) is 0 Å². The first-order valence-electron chi connectivity index (χ1n) is 4.07. The van der Waals surface area contributed by atoms with Crippen molar-refractivity contribution in [3.05, 3.63) is 27.1 Å². The average molecular weight is 343 g/mol. The molecule has 1 rings (SSSR count). The lowest BCUT2D eigenvalue weighted by atomic mass is 10.3. The van der Waals surface area contributed by atoms with Crippen molar-refractivity contribution in [1.82, 2.24) is 0 Å². The van der Waals surface area contributed by atoms with Gasteiger partial charge >= 0.3 is 0 Å². The fraction of sp³-hybridized carbons (Fsp3) is 0.333. The summed E-state index contributed by atoms with van der Waals surface area (Å²) in [7, 11) is 0. The number of rotatable bonds is 4. The van der Waals surface area contributed by atoms with Gasteiger partial charge in [0.15, 0.2) is 0 Å². The van der Waals surface area contributed by atoms with E-state index in [1.54, 1.807) is 0 Å². The maximum Gasteiger partial charge on any atom is 0.0847 e. The minimum atomic E-state index is -0.532. The lowest BCUT2D eigenvalue weighted by Gasteiger charge is -2.12. The molecule has 1 atom stereocenters. The largest absolute Gasteiger partial charge is 0.390 e. The van der Waals surface area contributed by atoms with Crippen molar-refractivity contribution in [3.63, 3.8) is 0 Å². The highest BCUT2D eigenvalue weighted by Gasteiger charge is 2.06. The van der Waals surface area contributed by atoms with Gasteiger partial charge in [-0.3, -0.25) is 0 Å². The molecule has 0 fully saturated rings. The smallest absolute Gasteiger partial charge is 0.0847 e. The summed E-state index contributed by atoms with van der Waals surface area (Å²) in [6.45, 7) is 0.435. The molecule has 0 aliphatic carbocycles. The molecule has 0 radical (unpaired) electrons. The highest BCUT2D eigenvalue weighted by molar-refractivity contribution is 9.11. The lowest BCUT2D eigenvalue weighted by Crippen LogP contribution is -2.21. The number of hydrogen-bond donors (Lipinski definition) is 2. The zero-order valence-corrected chi connectivity index (χ0v) is 11.2. The SMILES string of the molecule is OC(CCl)CNc1c(Br)cccc1Br. The van der Waals surface area contributed by atoms with Crippen LogP contribution in [-0.2, 0) is 0 Å². The van der Waals surface area contributed by atoms with E-state index in [0.29, 0.717) is 6.54 Å². The number of alkyl halides is 1. The number of nitrogens with one attached hydrogen (secondary N) is 1. The van der Waals surface area contributed by atoms with E-state index in [1.807, 2.05) is 18.2 Å². The Kier molecular flexibility index (Phi) is 5.23. The highest BCUT2D eigenvalue weighted by Crippen LogP contribution is 2.30. The van der Waals surface area contributed by atoms with Crippen molar-refractivity contribution < 1.29 is 5.11 Å². The summed E-state index contributed by atoms with van der Waals surface area (Å²) in [5.41, 5.74) is 0.927. The fourth-order valence-electron chi connectivity index (χ4n) is 0.941. The topological polar surface area (TPSA) is 32.3 Å². The van der Waals surface area contributed by atoms with Crippen LogP contribution in [0.1, 0.15) is 0 Å². The molecule has 0 amide bonds. The standard InChI is InChI=1S/C9H10Br2ClNO/c10-7-2-1-3-8(11)9(7)13-5-6(14)4-12/h1-3,6,13-14H,4-5H2. The van der Waals surface area contributed by atoms with Crippen molar-refractivity contribution >= 4 is 49.1 Å². The molecule has 1 aromatic carbocycles. The molecule has 2 nitrogen and oxygen atoms in total. The predicted octanol–water partition coefficient (Wildman–Crippen LogP) is 3.22. The van der Waals surface area contributed by atoms with Gasteiger partial charge in [-0.2, -0.15) is 0 Å². The molecule has 0 aliphatic heterocycles. The van der Waals surface area contributed by atoms with E-state index in [2.05, 4.69) is 37.2 Å². The van der Waals surface area contributed by atoms with E-state index in [9.17, 15) is 5.11 Å². The van der Waals surface area contributed by atoms with Gasteiger partial charge in [0.25, 0.3) is 0 Å². The molecule has 0 heterocycles. The Balaban J connectivity index is 2.66. The number of anilines is 1. The van der Waals surface area contributed by atoms with Crippen LogP contribution >= 0.6 is 43.5 Å². The Morgan fingerprint density at radius 3 is 2.43 bits per heavy atom. The number of aliphatic hydroxyl groups excluding tert-OH is 1. The molecule has 0 saturated heterocycles. The minimum absolute atomic E-state index is 0.231. The van der Waals surface area contributed by atoms with Gasteiger partial charge in [-0.05, 0) is 44.0 Å².